The molecular formula is C21H24O. The molecule has 0 radical (unpaired) electrons. The zero-order valence-corrected chi connectivity index (χ0v) is 14.2. The second-order valence-corrected chi connectivity index (χ2v) is 6.38. The Morgan fingerprint density at radius 1 is 1.00 bits per heavy atom. The second kappa shape index (κ2) is 5.64. The van der Waals surface area contributed by atoms with Gasteiger partial charge in [0.15, 0.2) is 0 Å². The molecule has 0 amide bonds. The molecule has 2 aromatic rings. The molecule has 114 valence electrons. The molecule has 1 aliphatic carbocycles. The minimum Gasteiger partial charge on any atom is -0.496 e. The van der Waals surface area contributed by atoms with Gasteiger partial charge in [0.2, 0.25) is 0 Å². The quantitative estimate of drug-likeness (QED) is 0.711. The highest BCUT2D eigenvalue weighted by atomic mass is 16.5. The Morgan fingerprint density at radius 2 is 1.68 bits per heavy atom. The highest BCUT2D eigenvalue weighted by Crippen LogP contribution is 2.43. The van der Waals surface area contributed by atoms with Gasteiger partial charge in [0.25, 0.3) is 0 Å². The van der Waals surface area contributed by atoms with Crippen molar-refractivity contribution in [1.29, 1.82) is 0 Å². The molecule has 0 fully saturated rings. The number of methoxy groups -OCH3 is 1. The molecule has 1 nitrogen and oxygen atoms in total. The van der Waals surface area contributed by atoms with E-state index in [9.17, 15) is 0 Å². The van der Waals surface area contributed by atoms with Crippen LogP contribution in [-0.4, -0.2) is 7.11 Å². The van der Waals surface area contributed by atoms with E-state index in [0.29, 0.717) is 0 Å². The Morgan fingerprint density at radius 3 is 2.27 bits per heavy atom. The van der Waals surface area contributed by atoms with E-state index < -0.39 is 0 Å². The molecule has 3 rings (SSSR count). The van der Waals surface area contributed by atoms with E-state index in [1.165, 1.54) is 44.5 Å². The van der Waals surface area contributed by atoms with Gasteiger partial charge in [0.1, 0.15) is 5.75 Å². The van der Waals surface area contributed by atoms with Crippen LogP contribution in [0.25, 0.3) is 17.2 Å². The van der Waals surface area contributed by atoms with Gasteiger partial charge in [-0.3, -0.25) is 0 Å². The Balaban J connectivity index is 2.28. The minimum absolute atomic E-state index is 1.02. The number of ether oxygens (including phenoxy) is 1. The van der Waals surface area contributed by atoms with Crippen molar-refractivity contribution in [2.24, 2.45) is 0 Å². The molecule has 0 aliphatic heterocycles. The zero-order chi connectivity index (χ0) is 15.9. The van der Waals surface area contributed by atoms with Crippen molar-refractivity contribution in [2.45, 2.75) is 40.5 Å². The summed E-state index contributed by atoms with van der Waals surface area (Å²) in [5.41, 5.74) is 10.7. The summed E-state index contributed by atoms with van der Waals surface area (Å²) >= 11 is 0. The molecule has 0 spiro atoms. The second-order valence-electron chi connectivity index (χ2n) is 6.38. The van der Waals surface area contributed by atoms with Crippen LogP contribution >= 0.6 is 0 Å². The van der Waals surface area contributed by atoms with Crippen LogP contribution in [0.1, 0.15) is 41.2 Å². The fourth-order valence-corrected chi connectivity index (χ4v) is 3.60. The van der Waals surface area contributed by atoms with Gasteiger partial charge in [-0.15, -0.1) is 0 Å². The van der Waals surface area contributed by atoms with E-state index in [-0.39, 0.29) is 0 Å². The van der Waals surface area contributed by atoms with Crippen molar-refractivity contribution < 1.29 is 4.74 Å². The summed E-state index contributed by atoms with van der Waals surface area (Å²) in [6.07, 6.45) is 4.51. The lowest BCUT2D eigenvalue weighted by molar-refractivity contribution is 0.413. The lowest BCUT2D eigenvalue weighted by atomic mass is 9.91. The molecule has 0 atom stereocenters. The average Bonchev–Trinajstić information content (AvgIpc) is 2.87. The monoisotopic (exact) mass is 292 g/mol. The van der Waals surface area contributed by atoms with Gasteiger partial charge in [-0.2, -0.15) is 0 Å². The first-order chi connectivity index (χ1) is 10.5. The van der Waals surface area contributed by atoms with Crippen molar-refractivity contribution >= 4 is 6.08 Å². The normalized spacial score (nSPS) is 13.0. The predicted molar refractivity (Wildman–Crippen MR) is 94.6 cm³/mol. The predicted octanol–water partition coefficient (Wildman–Crippen LogP) is 5.64. The van der Waals surface area contributed by atoms with Crippen molar-refractivity contribution in [3.05, 3.63) is 57.7 Å². The molecule has 22 heavy (non-hydrogen) atoms. The maximum atomic E-state index is 5.78. The van der Waals surface area contributed by atoms with E-state index >= 15 is 0 Å². The van der Waals surface area contributed by atoms with Crippen LogP contribution in [-0.2, 0) is 6.42 Å². The van der Waals surface area contributed by atoms with Crippen LogP contribution in [0.4, 0.5) is 0 Å². The first-order valence-electron chi connectivity index (χ1n) is 8.02. The van der Waals surface area contributed by atoms with Crippen LogP contribution in [0.3, 0.4) is 0 Å². The summed E-state index contributed by atoms with van der Waals surface area (Å²) in [5.74, 6) is 1.02. The number of allylic oxidation sites excluding steroid dienone is 1. The molecule has 0 unspecified atom stereocenters. The third kappa shape index (κ3) is 2.45. The summed E-state index contributed by atoms with van der Waals surface area (Å²) in [7, 11) is 1.78. The average molecular weight is 292 g/mol. The molecule has 0 bridgehead atoms. The van der Waals surface area contributed by atoms with Crippen molar-refractivity contribution in [1.82, 2.24) is 0 Å². The topological polar surface area (TPSA) is 9.23 Å². The van der Waals surface area contributed by atoms with E-state index in [1.807, 2.05) is 0 Å². The van der Waals surface area contributed by atoms with Crippen LogP contribution in [0, 0.1) is 20.8 Å². The number of aryl methyl sites for hydroxylation is 3. The Hall–Kier alpha value is -2.02. The fraction of sp³-hybridized carbons (Fsp3) is 0.333. The van der Waals surface area contributed by atoms with Crippen molar-refractivity contribution in [2.75, 3.05) is 7.11 Å². The Labute approximate surface area is 133 Å². The standard InChI is InChI=1S/C21H24O/c1-6-16-11-17-10-15(4)21(22-5)20(19(17)12-16)18-8-13(2)7-14(3)9-18/h7-11H,6,12H2,1-5H3. The third-order valence-corrected chi connectivity index (χ3v) is 4.54. The van der Waals surface area contributed by atoms with E-state index in [1.54, 1.807) is 7.11 Å². The lowest BCUT2D eigenvalue weighted by Gasteiger charge is -2.18. The maximum Gasteiger partial charge on any atom is 0.129 e. The lowest BCUT2D eigenvalue weighted by Crippen LogP contribution is -1.98. The van der Waals surface area contributed by atoms with Gasteiger partial charge >= 0.3 is 0 Å². The van der Waals surface area contributed by atoms with Gasteiger partial charge in [0.05, 0.1) is 7.11 Å². The Bertz CT molecular complexity index is 746. The van der Waals surface area contributed by atoms with Crippen LogP contribution in [0.15, 0.2) is 29.8 Å². The molecule has 2 aromatic carbocycles. The van der Waals surface area contributed by atoms with Gasteiger partial charge < -0.3 is 4.74 Å². The summed E-state index contributed by atoms with van der Waals surface area (Å²) in [4.78, 5) is 0. The molecule has 0 heterocycles. The molecule has 0 N–H and O–H groups in total. The number of benzene rings is 2. The van der Waals surface area contributed by atoms with E-state index in [0.717, 1.165) is 18.6 Å². The molecule has 1 heteroatoms. The molecule has 0 saturated carbocycles. The summed E-state index contributed by atoms with van der Waals surface area (Å²) in [5, 5.41) is 0. The van der Waals surface area contributed by atoms with Crippen LogP contribution < -0.4 is 4.74 Å². The van der Waals surface area contributed by atoms with Crippen LogP contribution in [0.2, 0.25) is 0 Å². The smallest absolute Gasteiger partial charge is 0.129 e. The number of rotatable bonds is 3. The van der Waals surface area contributed by atoms with E-state index in [2.05, 4.69) is 58.0 Å². The fourth-order valence-electron chi connectivity index (χ4n) is 3.60. The maximum absolute atomic E-state index is 5.78. The summed E-state index contributed by atoms with van der Waals surface area (Å²) < 4.78 is 5.78. The van der Waals surface area contributed by atoms with Gasteiger partial charge in [-0.05, 0) is 61.9 Å². The van der Waals surface area contributed by atoms with Crippen molar-refractivity contribution in [3.63, 3.8) is 0 Å². The third-order valence-electron chi connectivity index (χ3n) is 4.54. The molecular weight excluding hydrogens is 268 g/mol. The minimum atomic E-state index is 1.02. The zero-order valence-electron chi connectivity index (χ0n) is 14.2. The van der Waals surface area contributed by atoms with Gasteiger partial charge in [-0.1, -0.05) is 47.9 Å². The highest BCUT2D eigenvalue weighted by molar-refractivity contribution is 5.83. The molecule has 0 saturated heterocycles. The first kappa shape index (κ1) is 14.9. The molecule has 0 aromatic heterocycles. The van der Waals surface area contributed by atoms with Gasteiger partial charge in [0, 0.05) is 5.56 Å². The number of hydrogen-bond acceptors (Lipinski definition) is 1. The van der Waals surface area contributed by atoms with E-state index in [4.69, 9.17) is 4.74 Å². The molecule has 1 aliphatic rings. The first-order valence-corrected chi connectivity index (χ1v) is 8.02. The highest BCUT2D eigenvalue weighted by Gasteiger charge is 2.22. The summed E-state index contributed by atoms with van der Waals surface area (Å²) in [6, 6.07) is 9.04. The number of hydrogen-bond donors (Lipinski definition) is 0. The number of fused-ring (bicyclic) bond motifs is 1. The largest absolute Gasteiger partial charge is 0.496 e. The Kier molecular flexibility index (Phi) is 3.82. The SMILES string of the molecule is CCC1=Cc2cc(C)c(OC)c(-c3cc(C)cc(C)c3)c2C1. The van der Waals surface area contributed by atoms with Crippen LogP contribution in [0.5, 0.6) is 5.75 Å². The van der Waals surface area contributed by atoms with Crippen molar-refractivity contribution in [3.8, 4) is 16.9 Å². The summed E-state index contributed by atoms with van der Waals surface area (Å²) in [6.45, 7) is 8.70. The van der Waals surface area contributed by atoms with Gasteiger partial charge in [-0.25, -0.2) is 0 Å².